The van der Waals surface area contributed by atoms with Gasteiger partial charge in [-0.3, -0.25) is 9.69 Å². The zero-order valence-corrected chi connectivity index (χ0v) is 18.9. The van der Waals surface area contributed by atoms with E-state index in [1.165, 1.54) is 7.11 Å². The molecule has 1 aliphatic rings. The lowest BCUT2D eigenvalue weighted by Crippen LogP contribution is -2.48. The molecule has 0 saturated carbocycles. The first kappa shape index (κ1) is 23.1. The maximum Gasteiger partial charge on any atom is 0.337 e. The molecule has 3 amide bonds. The van der Waals surface area contributed by atoms with E-state index in [1.54, 1.807) is 42.2 Å². The van der Waals surface area contributed by atoms with Gasteiger partial charge in [0, 0.05) is 23.5 Å². The van der Waals surface area contributed by atoms with E-state index < -0.39 is 12.0 Å². The van der Waals surface area contributed by atoms with E-state index in [9.17, 15) is 14.4 Å². The molecule has 0 spiro atoms. The average molecular weight is 436 g/mol. The summed E-state index contributed by atoms with van der Waals surface area (Å²) >= 11 is 0. The first-order valence-corrected chi connectivity index (χ1v) is 10.7. The van der Waals surface area contributed by atoms with Gasteiger partial charge in [-0.1, -0.05) is 43.7 Å². The number of allylic oxidation sites excluding steroid dienone is 1. The summed E-state index contributed by atoms with van der Waals surface area (Å²) in [5.41, 5.74) is 3.84. The molecule has 2 aromatic rings. The third kappa shape index (κ3) is 4.82. The Kier molecular flexibility index (Phi) is 7.30. The van der Waals surface area contributed by atoms with Crippen LogP contribution in [0.15, 0.2) is 59.8 Å². The topological polar surface area (TPSA) is 87.7 Å². The van der Waals surface area contributed by atoms with Gasteiger partial charge in [-0.25, -0.2) is 9.59 Å². The fourth-order valence-electron chi connectivity index (χ4n) is 3.78. The number of urea groups is 1. The number of hydrogen-bond acceptors (Lipinski definition) is 4. The number of benzene rings is 2. The molecule has 168 valence electrons. The number of carbonyl (C=O) groups is 3. The van der Waals surface area contributed by atoms with Crippen molar-refractivity contribution >= 4 is 23.6 Å². The summed E-state index contributed by atoms with van der Waals surface area (Å²) in [5.74, 6) is -0.676. The lowest BCUT2D eigenvalue weighted by molar-refractivity contribution is -0.136. The van der Waals surface area contributed by atoms with E-state index in [-0.39, 0.29) is 11.9 Å². The monoisotopic (exact) mass is 435 g/mol. The predicted octanol–water partition coefficient (Wildman–Crippen LogP) is 4.56. The van der Waals surface area contributed by atoms with E-state index in [1.807, 2.05) is 32.0 Å². The zero-order chi connectivity index (χ0) is 23.3. The first-order chi connectivity index (χ1) is 15.4. The number of aryl methyl sites for hydroxylation is 1. The molecule has 0 aromatic heterocycles. The number of carbonyl (C=O) groups excluding carboxylic acids is 3. The minimum absolute atomic E-state index is 0.195. The highest BCUT2D eigenvalue weighted by Gasteiger charge is 2.35. The van der Waals surface area contributed by atoms with E-state index in [4.69, 9.17) is 4.74 Å². The van der Waals surface area contributed by atoms with Gasteiger partial charge in [0.1, 0.15) is 0 Å². The molecule has 1 aliphatic heterocycles. The van der Waals surface area contributed by atoms with Crippen LogP contribution in [-0.4, -0.2) is 36.5 Å². The van der Waals surface area contributed by atoms with Gasteiger partial charge in [-0.15, -0.1) is 0 Å². The highest BCUT2D eigenvalue weighted by molar-refractivity contribution is 6.05. The van der Waals surface area contributed by atoms with Crippen molar-refractivity contribution in [3.63, 3.8) is 0 Å². The third-order valence-corrected chi connectivity index (χ3v) is 5.63. The van der Waals surface area contributed by atoms with Crippen molar-refractivity contribution in [1.29, 1.82) is 0 Å². The molecule has 0 bridgehead atoms. The van der Waals surface area contributed by atoms with Crippen LogP contribution in [0.1, 0.15) is 54.2 Å². The minimum atomic E-state index is -0.631. The molecule has 32 heavy (non-hydrogen) atoms. The fourth-order valence-corrected chi connectivity index (χ4v) is 3.78. The molecule has 0 aliphatic carbocycles. The number of nitrogens with zero attached hydrogens (tertiary/aromatic N) is 1. The SMILES string of the molecule is CCCCN1C(=O)NC(c2ccc(NC(=O)c3ccccc3C)cc2)C(C(=O)OC)=C1C. The quantitative estimate of drug-likeness (QED) is 0.624. The Hall–Kier alpha value is -3.61. The van der Waals surface area contributed by atoms with Gasteiger partial charge in [0.15, 0.2) is 0 Å². The highest BCUT2D eigenvalue weighted by Crippen LogP contribution is 2.32. The fraction of sp³-hybridized carbons (Fsp3) is 0.320. The highest BCUT2D eigenvalue weighted by atomic mass is 16.5. The largest absolute Gasteiger partial charge is 0.466 e. The molecule has 1 heterocycles. The van der Waals surface area contributed by atoms with Gasteiger partial charge < -0.3 is 15.4 Å². The molecule has 2 aromatic carbocycles. The van der Waals surface area contributed by atoms with Crippen LogP contribution in [0.5, 0.6) is 0 Å². The van der Waals surface area contributed by atoms with E-state index in [2.05, 4.69) is 10.6 Å². The zero-order valence-electron chi connectivity index (χ0n) is 18.9. The van der Waals surface area contributed by atoms with Crippen LogP contribution < -0.4 is 10.6 Å². The van der Waals surface area contributed by atoms with E-state index >= 15 is 0 Å². The van der Waals surface area contributed by atoms with Gasteiger partial charge in [0.25, 0.3) is 5.91 Å². The van der Waals surface area contributed by atoms with Crippen molar-refractivity contribution in [3.05, 3.63) is 76.5 Å². The van der Waals surface area contributed by atoms with Crippen LogP contribution in [0.25, 0.3) is 0 Å². The van der Waals surface area contributed by atoms with Crippen LogP contribution in [0.2, 0.25) is 0 Å². The summed E-state index contributed by atoms with van der Waals surface area (Å²) in [6, 6.07) is 13.6. The van der Waals surface area contributed by atoms with E-state index in [0.29, 0.717) is 29.1 Å². The third-order valence-electron chi connectivity index (χ3n) is 5.63. The molecule has 0 saturated heterocycles. The van der Waals surface area contributed by atoms with Gasteiger partial charge in [0.2, 0.25) is 0 Å². The maximum absolute atomic E-state index is 12.7. The summed E-state index contributed by atoms with van der Waals surface area (Å²) in [6.45, 7) is 6.23. The Balaban J connectivity index is 1.85. The number of rotatable bonds is 7. The second kappa shape index (κ2) is 10.1. The lowest BCUT2D eigenvalue weighted by atomic mass is 9.94. The van der Waals surface area contributed by atoms with Crippen molar-refractivity contribution in [2.75, 3.05) is 19.0 Å². The molecule has 1 unspecified atom stereocenters. The molecule has 1 atom stereocenters. The first-order valence-electron chi connectivity index (χ1n) is 10.7. The second-order valence-corrected chi connectivity index (χ2v) is 7.77. The Labute approximate surface area is 188 Å². The molecule has 7 nitrogen and oxygen atoms in total. The molecule has 7 heteroatoms. The maximum atomic E-state index is 12.7. The van der Waals surface area contributed by atoms with Crippen molar-refractivity contribution in [1.82, 2.24) is 10.2 Å². The van der Waals surface area contributed by atoms with Gasteiger partial charge in [-0.2, -0.15) is 0 Å². The van der Waals surface area contributed by atoms with Gasteiger partial charge in [-0.05, 0) is 49.6 Å². The number of unbranched alkanes of at least 4 members (excludes halogenated alkanes) is 1. The predicted molar refractivity (Wildman–Crippen MR) is 123 cm³/mol. The van der Waals surface area contributed by atoms with Gasteiger partial charge in [0.05, 0.1) is 18.7 Å². The second-order valence-electron chi connectivity index (χ2n) is 7.77. The number of amides is 3. The normalized spacial score (nSPS) is 15.9. The van der Waals surface area contributed by atoms with Crippen LogP contribution in [0.4, 0.5) is 10.5 Å². The van der Waals surface area contributed by atoms with Crippen LogP contribution in [0, 0.1) is 6.92 Å². The molecular formula is C25H29N3O4. The molecule has 0 fully saturated rings. The van der Waals surface area contributed by atoms with Crippen LogP contribution in [0.3, 0.4) is 0 Å². The number of methoxy groups -OCH3 is 1. The lowest BCUT2D eigenvalue weighted by Gasteiger charge is -2.35. The Morgan fingerprint density at radius 3 is 2.41 bits per heavy atom. The standard InChI is InChI=1S/C25H29N3O4/c1-5-6-15-28-17(3)21(24(30)32-4)22(27-25(28)31)18-11-13-19(14-12-18)26-23(29)20-10-8-7-9-16(20)2/h7-14,22H,5-6,15H2,1-4H3,(H,26,29)(H,27,31). The van der Waals surface area contributed by atoms with Crippen LogP contribution >= 0.6 is 0 Å². The number of ether oxygens (including phenoxy) is 1. The Bertz CT molecular complexity index is 1040. The smallest absolute Gasteiger partial charge is 0.337 e. The Morgan fingerprint density at radius 1 is 1.09 bits per heavy atom. The molecule has 0 radical (unpaired) electrons. The Morgan fingerprint density at radius 2 is 1.78 bits per heavy atom. The van der Waals surface area contributed by atoms with Crippen molar-refractivity contribution in [2.45, 2.75) is 39.7 Å². The molecule has 2 N–H and O–H groups in total. The molecule has 3 rings (SSSR count). The number of nitrogens with one attached hydrogen (secondary N) is 2. The summed E-state index contributed by atoms with van der Waals surface area (Å²) in [7, 11) is 1.33. The van der Waals surface area contributed by atoms with Crippen molar-refractivity contribution in [2.24, 2.45) is 0 Å². The number of esters is 1. The summed E-state index contributed by atoms with van der Waals surface area (Å²) in [4.78, 5) is 39.5. The van der Waals surface area contributed by atoms with Crippen molar-refractivity contribution in [3.8, 4) is 0 Å². The average Bonchev–Trinajstić information content (AvgIpc) is 2.79. The van der Waals surface area contributed by atoms with Crippen molar-refractivity contribution < 1.29 is 19.1 Å². The summed E-state index contributed by atoms with van der Waals surface area (Å²) < 4.78 is 5.00. The van der Waals surface area contributed by atoms with E-state index in [0.717, 1.165) is 24.0 Å². The molecular weight excluding hydrogens is 406 g/mol. The number of hydrogen-bond donors (Lipinski definition) is 2. The summed E-state index contributed by atoms with van der Waals surface area (Å²) in [5, 5.41) is 5.81. The van der Waals surface area contributed by atoms with Gasteiger partial charge >= 0.3 is 12.0 Å². The van der Waals surface area contributed by atoms with Crippen LogP contribution in [-0.2, 0) is 9.53 Å². The summed E-state index contributed by atoms with van der Waals surface area (Å²) in [6.07, 6.45) is 1.77. The number of anilines is 1. The minimum Gasteiger partial charge on any atom is -0.466 e.